The summed E-state index contributed by atoms with van der Waals surface area (Å²) in [6, 6.07) is 12.9. The molecule has 8 heteroatoms. The van der Waals surface area contributed by atoms with Crippen LogP contribution in [0.25, 0.3) is 10.9 Å². The molecule has 0 bridgehead atoms. The van der Waals surface area contributed by atoms with Crippen molar-refractivity contribution in [2.75, 3.05) is 19.7 Å². The summed E-state index contributed by atoms with van der Waals surface area (Å²) < 4.78 is 6.73. The topological polar surface area (TPSA) is 96.4 Å². The molecule has 168 valence electrons. The minimum atomic E-state index is -0.478. The molecule has 2 heterocycles. The summed E-state index contributed by atoms with van der Waals surface area (Å²) in [6.07, 6.45) is 0.243. The average molecular weight is 437 g/mol. The van der Waals surface area contributed by atoms with Gasteiger partial charge in [0.25, 0.3) is 11.5 Å². The minimum Gasteiger partial charge on any atom is -0.376 e. The second kappa shape index (κ2) is 9.50. The van der Waals surface area contributed by atoms with Gasteiger partial charge in [-0.2, -0.15) is 0 Å². The first-order valence-electron chi connectivity index (χ1n) is 10.9. The average Bonchev–Trinajstić information content (AvgIpc) is 2.77. The number of nitrogens with one attached hydrogen (secondary N) is 2. The van der Waals surface area contributed by atoms with E-state index in [4.69, 9.17) is 4.74 Å². The van der Waals surface area contributed by atoms with Crippen LogP contribution in [0.1, 0.15) is 35.3 Å². The fourth-order valence-corrected chi connectivity index (χ4v) is 4.10. The molecule has 2 aromatic carbocycles. The van der Waals surface area contributed by atoms with Crippen LogP contribution in [0.2, 0.25) is 0 Å². The van der Waals surface area contributed by atoms with Crippen LogP contribution in [0.4, 0.5) is 0 Å². The van der Waals surface area contributed by atoms with Gasteiger partial charge in [0.1, 0.15) is 0 Å². The van der Waals surface area contributed by atoms with Gasteiger partial charge in [0.05, 0.1) is 23.6 Å². The van der Waals surface area contributed by atoms with Crippen LogP contribution in [0, 0.1) is 0 Å². The number of aromatic amines is 1. The summed E-state index contributed by atoms with van der Waals surface area (Å²) in [7, 11) is 0. The highest BCUT2D eigenvalue weighted by Crippen LogP contribution is 2.13. The Balaban J connectivity index is 1.44. The van der Waals surface area contributed by atoms with Crippen molar-refractivity contribution in [3.05, 3.63) is 80.0 Å². The van der Waals surface area contributed by atoms with E-state index < -0.39 is 5.69 Å². The summed E-state index contributed by atoms with van der Waals surface area (Å²) in [5.74, 6) is -0.264. The van der Waals surface area contributed by atoms with E-state index in [9.17, 15) is 14.4 Å². The maximum absolute atomic E-state index is 12.7. The Bertz CT molecular complexity index is 1250. The molecule has 1 saturated heterocycles. The number of hydrogen-bond donors (Lipinski definition) is 2. The van der Waals surface area contributed by atoms with Crippen LogP contribution in [0.5, 0.6) is 0 Å². The first kappa shape index (κ1) is 22.0. The Morgan fingerprint density at radius 3 is 2.78 bits per heavy atom. The van der Waals surface area contributed by atoms with E-state index in [1.54, 1.807) is 25.1 Å². The fourth-order valence-electron chi connectivity index (χ4n) is 4.10. The highest BCUT2D eigenvalue weighted by molar-refractivity contribution is 5.97. The molecule has 1 unspecified atom stereocenters. The Hall–Kier alpha value is -3.23. The van der Waals surface area contributed by atoms with E-state index in [0.29, 0.717) is 23.0 Å². The molecule has 0 radical (unpaired) electrons. The maximum Gasteiger partial charge on any atom is 0.328 e. The van der Waals surface area contributed by atoms with E-state index in [0.717, 1.165) is 36.4 Å². The van der Waals surface area contributed by atoms with Gasteiger partial charge in [-0.25, -0.2) is 4.79 Å². The van der Waals surface area contributed by atoms with Crippen molar-refractivity contribution in [3.8, 4) is 0 Å². The third-order valence-electron chi connectivity index (χ3n) is 5.74. The fraction of sp³-hybridized carbons (Fsp3) is 0.375. The number of H-pyrrole nitrogens is 1. The molecule has 2 N–H and O–H groups in total. The lowest BCUT2D eigenvalue weighted by molar-refractivity contribution is -0.0212. The van der Waals surface area contributed by atoms with E-state index in [2.05, 4.69) is 34.3 Å². The zero-order valence-electron chi connectivity index (χ0n) is 18.4. The number of morpholine rings is 1. The van der Waals surface area contributed by atoms with Crippen LogP contribution in [-0.4, -0.2) is 46.2 Å². The quantitative estimate of drug-likeness (QED) is 0.615. The Labute approximate surface area is 185 Å². The monoisotopic (exact) mass is 436 g/mol. The number of carbonyl (C=O) groups excluding carboxylic acids is 1. The van der Waals surface area contributed by atoms with E-state index >= 15 is 0 Å². The van der Waals surface area contributed by atoms with Gasteiger partial charge in [-0.15, -0.1) is 0 Å². The zero-order valence-corrected chi connectivity index (χ0v) is 18.4. The van der Waals surface area contributed by atoms with Gasteiger partial charge in [-0.3, -0.25) is 19.1 Å². The van der Waals surface area contributed by atoms with Gasteiger partial charge in [-0.05, 0) is 43.2 Å². The van der Waals surface area contributed by atoms with E-state index in [-0.39, 0.29) is 24.1 Å². The van der Waals surface area contributed by atoms with Crippen molar-refractivity contribution in [2.45, 2.75) is 39.6 Å². The number of aromatic nitrogens is 2. The molecule has 1 aromatic heterocycles. The highest BCUT2D eigenvalue weighted by Gasteiger charge is 2.17. The van der Waals surface area contributed by atoms with Crippen molar-refractivity contribution in [3.63, 3.8) is 0 Å². The van der Waals surface area contributed by atoms with Gasteiger partial charge >= 0.3 is 5.69 Å². The summed E-state index contributed by atoms with van der Waals surface area (Å²) in [6.45, 7) is 7.92. The molecule has 1 fully saturated rings. The van der Waals surface area contributed by atoms with Crippen molar-refractivity contribution < 1.29 is 9.53 Å². The molecule has 0 aliphatic carbocycles. The minimum absolute atomic E-state index is 0.243. The molecular weight excluding hydrogens is 408 g/mol. The Kier molecular flexibility index (Phi) is 6.53. The summed E-state index contributed by atoms with van der Waals surface area (Å²) in [4.78, 5) is 42.2. The zero-order chi connectivity index (χ0) is 22.7. The van der Waals surface area contributed by atoms with Crippen LogP contribution in [0.3, 0.4) is 0 Å². The van der Waals surface area contributed by atoms with Gasteiger partial charge in [0.2, 0.25) is 0 Å². The van der Waals surface area contributed by atoms with Crippen molar-refractivity contribution in [1.82, 2.24) is 19.8 Å². The van der Waals surface area contributed by atoms with Crippen molar-refractivity contribution in [1.29, 1.82) is 0 Å². The van der Waals surface area contributed by atoms with E-state index in [1.807, 2.05) is 12.1 Å². The number of amides is 1. The number of benzene rings is 2. The molecule has 8 nitrogen and oxygen atoms in total. The largest absolute Gasteiger partial charge is 0.376 e. The standard InChI is InChI=1S/C24H28N4O4/c1-3-28-23(30)20-8-7-19(12-21(20)26-24(28)31)22(29)25-13-17-5-4-6-18(11-17)15-27-9-10-32-16(2)14-27/h4-8,11-12,16H,3,9-10,13-15H2,1-2H3,(H,25,29)(H,26,31). The van der Waals surface area contributed by atoms with Crippen LogP contribution in [-0.2, 0) is 24.4 Å². The third kappa shape index (κ3) is 4.81. The van der Waals surface area contributed by atoms with Crippen molar-refractivity contribution in [2.24, 2.45) is 0 Å². The molecule has 32 heavy (non-hydrogen) atoms. The number of rotatable bonds is 6. The van der Waals surface area contributed by atoms with Gasteiger partial charge < -0.3 is 15.0 Å². The normalized spacial score (nSPS) is 16.9. The predicted octanol–water partition coefficient (Wildman–Crippen LogP) is 1.86. The molecule has 1 aliphatic rings. The van der Waals surface area contributed by atoms with Crippen LogP contribution < -0.4 is 16.6 Å². The van der Waals surface area contributed by atoms with Gasteiger partial charge in [0, 0.05) is 38.3 Å². The molecule has 0 saturated carbocycles. The van der Waals surface area contributed by atoms with E-state index in [1.165, 1.54) is 5.56 Å². The Morgan fingerprint density at radius 2 is 2.00 bits per heavy atom. The lowest BCUT2D eigenvalue weighted by Gasteiger charge is -2.31. The molecule has 0 spiro atoms. The van der Waals surface area contributed by atoms with Crippen LogP contribution in [0.15, 0.2) is 52.1 Å². The highest BCUT2D eigenvalue weighted by atomic mass is 16.5. The third-order valence-corrected chi connectivity index (χ3v) is 5.74. The van der Waals surface area contributed by atoms with Crippen molar-refractivity contribution >= 4 is 16.8 Å². The van der Waals surface area contributed by atoms with Crippen LogP contribution >= 0.6 is 0 Å². The summed E-state index contributed by atoms with van der Waals surface area (Å²) >= 11 is 0. The first-order chi connectivity index (χ1) is 15.4. The lowest BCUT2D eigenvalue weighted by Crippen LogP contribution is -2.40. The number of carbonyl (C=O) groups is 1. The number of ether oxygens (including phenoxy) is 1. The van der Waals surface area contributed by atoms with Gasteiger partial charge in [0.15, 0.2) is 0 Å². The smallest absolute Gasteiger partial charge is 0.328 e. The second-order valence-corrected chi connectivity index (χ2v) is 8.16. The molecule has 3 aromatic rings. The maximum atomic E-state index is 12.7. The number of nitrogens with zero attached hydrogens (tertiary/aromatic N) is 2. The molecule has 1 atom stereocenters. The second-order valence-electron chi connectivity index (χ2n) is 8.16. The molecule has 4 rings (SSSR count). The van der Waals surface area contributed by atoms with Gasteiger partial charge in [-0.1, -0.05) is 24.3 Å². The molecule has 1 aliphatic heterocycles. The Morgan fingerprint density at radius 1 is 1.19 bits per heavy atom. The summed E-state index contributed by atoms with van der Waals surface area (Å²) in [5.41, 5.74) is 2.12. The SMILES string of the molecule is CCn1c(=O)[nH]c2cc(C(=O)NCc3cccc(CN4CCOC(C)C4)c3)ccc2c1=O. The predicted molar refractivity (Wildman–Crippen MR) is 123 cm³/mol. The number of fused-ring (bicyclic) bond motifs is 1. The molecular formula is C24H28N4O4. The number of hydrogen-bond acceptors (Lipinski definition) is 5. The lowest BCUT2D eigenvalue weighted by atomic mass is 10.1. The molecule has 1 amide bonds. The first-order valence-corrected chi connectivity index (χ1v) is 10.9. The summed E-state index contributed by atoms with van der Waals surface area (Å²) in [5, 5.41) is 3.30.